The van der Waals surface area contributed by atoms with Crippen LogP contribution in [0.3, 0.4) is 0 Å². The van der Waals surface area contributed by atoms with Crippen molar-refractivity contribution in [1.82, 2.24) is 24.9 Å². The Hall–Kier alpha value is -4.27. The Morgan fingerprint density at radius 1 is 1.27 bits per heavy atom. The van der Waals surface area contributed by atoms with Gasteiger partial charge in [0.15, 0.2) is 0 Å². The number of hydrogen-bond acceptors (Lipinski definition) is 8. The summed E-state index contributed by atoms with van der Waals surface area (Å²) in [6.45, 7) is 5.41. The van der Waals surface area contributed by atoms with Gasteiger partial charge in [-0.2, -0.15) is 10.4 Å². The Labute approximate surface area is 240 Å². The molecule has 2 N–H and O–H groups in total. The van der Waals surface area contributed by atoms with Gasteiger partial charge in [-0.25, -0.2) is 13.9 Å². The van der Waals surface area contributed by atoms with E-state index in [2.05, 4.69) is 31.4 Å². The maximum absolute atomic E-state index is 14.0. The maximum atomic E-state index is 14.0. The minimum absolute atomic E-state index is 0.0772. The second kappa shape index (κ2) is 10.3. The van der Waals surface area contributed by atoms with E-state index in [0.717, 1.165) is 18.9 Å². The lowest BCUT2D eigenvalue weighted by molar-refractivity contribution is 0.0283. The number of anilines is 1. The summed E-state index contributed by atoms with van der Waals surface area (Å²) in [7, 11) is 0. The molecule has 1 aromatic carbocycles. The van der Waals surface area contributed by atoms with Crippen LogP contribution in [0.25, 0.3) is 16.8 Å². The molecule has 1 aliphatic heterocycles. The number of fused-ring (bicyclic) bond motifs is 2. The van der Waals surface area contributed by atoms with Gasteiger partial charge in [0.1, 0.15) is 30.1 Å². The molecule has 3 atom stereocenters. The highest BCUT2D eigenvalue weighted by Crippen LogP contribution is 2.52. The van der Waals surface area contributed by atoms with E-state index in [4.69, 9.17) is 16.3 Å². The molecule has 1 saturated carbocycles. The Morgan fingerprint density at radius 2 is 2.05 bits per heavy atom. The van der Waals surface area contributed by atoms with Crippen LogP contribution in [-0.2, 0) is 0 Å². The van der Waals surface area contributed by atoms with Gasteiger partial charge < -0.3 is 20.1 Å². The smallest absolute Gasteiger partial charge is 0.255 e. The average molecular weight is 576 g/mol. The summed E-state index contributed by atoms with van der Waals surface area (Å²) in [4.78, 5) is 23.9. The molecule has 41 heavy (non-hydrogen) atoms. The highest BCUT2D eigenvalue weighted by atomic mass is 35.5. The number of nitrogens with zero attached hydrogens (tertiary/aromatic N) is 6. The van der Waals surface area contributed by atoms with E-state index in [1.807, 2.05) is 0 Å². The van der Waals surface area contributed by atoms with Crippen molar-refractivity contribution in [3.05, 3.63) is 71.0 Å². The van der Waals surface area contributed by atoms with Crippen LogP contribution in [0.5, 0.6) is 5.75 Å². The molecule has 6 rings (SSSR count). The predicted molar refractivity (Wildman–Crippen MR) is 149 cm³/mol. The molecule has 2 aliphatic rings. The van der Waals surface area contributed by atoms with Crippen LogP contribution < -0.4 is 15.0 Å². The van der Waals surface area contributed by atoms with E-state index in [0.29, 0.717) is 52.4 Å². The lowest BCUT2D eigenvalue weighted by Gasteiger charge is -2.21. The van der Waals surface area contributed by atoms with Gasteiger partial charge in [0.05, 0.1) is 57.7 Å². The largest absolute Gasteiger partial charge is 0.489 e. The molecule has 10 nitrogen and oxygen atoms in total. The van der Waals surface area contributed by atoms with Crippen LogP contribution >= 0.6 is 11.6 Å². The zero-order chi connectivity index (χ0) is 28.9. The Morgan fingerprint density at radius 3 is 2.71 bits per heavy atom. The van der Waals surface area contributed by atoms with E-state index in [1.165, 1.54) is 24.4 Å². The molecule has 12 heteroatoms. The summed E-state index contributed by atoms with van der Waals surface area (Å²) < 4.78 is 21.4. The molecule has 2 fully saturated rings. The third-order valence-corrected chi connectivity index (χ3v) is 7.91. The predicted octanol–water partition coefficient (Wildman–Crippen LogP) is 3.72. The first-order chi connectivity index (χ1) is 19.6. The number of ether oxygens (including phenoxy) is 1. The molecular formula is C29H27ClFN7O3. The van der Waals surface area contributed by atoms with E-state index in [1.54, 1.807) is 43.0 Å². The summed E-state index contributed by atoms with van der Waals surface area (Å²) in [5.74, 6) is 1.20. The number of aliphatic hydroxyl groups is 1. The molecule has 0 bridgehead atoms. The maximum Gasteiger partial charge on any atom is 0.255 e. The zero-order valence-electron chi connectivity index (χ0n) is 22.4. The van der Waals surface area contributed by atoms with Crippen LogP contribution in [0.1, 0.15) is 29.8 Å². The molecule has 4 heterocycles. The number of nitrogens with one attached hydrogen (secondary N) is 1. The fraction of sp³-hybridized carbons (Fsp3) is 0.345. The molecule has 4 aromatic rings. The van der Waals surface area contributed by atoms with Gasteiger partial charge in [0.2, 0.25) is 0 Å². The minimum Gasteiger partial charge on any atom is -0.489 e. The molecule has 1 amide bonds. The van der Waals surface area contributed by atoms with Crippen molar-refractivity contribution in [2.24, 2.45) is 17.8 Å². The fourth-order valence-corrected chi connectivity index (χ4v) is 5.74. The highest BCUT2D eigenvalue weighted by Gasteiger charge is 2.55. The first-order valence-corrected chi connectivity index (χ1v) is 13.6. The SMILES string of the molecule is CC(C)(O)COc1cc(-c2cnc(N3C[C@@H]4C(CNC(=O)c5c(F)cccc5Cl)[C@@H]4C3)cn2)c2c(C#N)cnn2c1. The molecule has 1 saturated heterocycles. The lowest BCUT2D eigenvalue weighted by atomic mass is 10.1. The number of nitriles is 1. The number of amides is 1. The normalized spacial score (nSPS) is 19.6. The Bertz CT molecular complexity index is 1650. The highest BCUT2D eigenvalue weighted by molar-refractivity contribution is 6.33. The molecule has 210 valence electrons. The van der Waals surface area contributed by atoms with Crippen LogP contribution in [0, 0.1) is 34.9 Å². The van der Waals surface area contributed by atoms with Crippen molar-refractivity contribution in [1.29, 1.82) is 5.26 Å². The van der Waals surface area contributed by atoms with E-state index in [9.17, 15) is 19.6 Å². The average Bonchev–Trinajstić information content (AvgIpc) is 3.25. The van der Waals surface area contributed by atoms with Gasteiger partial charge in [-0.05, 0) is 49.8 Å². The fourth-order valence-electron chi connectivity index (χ4n) is 5.49. The number of benzene rings is 1. The topological polar surface area (TPSA) is 129 Å². The van der Waals surface area contributed by atoms with E-state index in [-0.39, 0.29) is 17.2 Å². The second-order valence-electron chi connectivity index (χ2n) is 11.1. The van der Waals surface area contributed by atoms with Crippen molar-refractivity contribution in [2.75, 3.05) is 31.1 Å². The van der Waals surface area contributed by atoms with E-state index >= 15 is 0 Å². The van der Waals surface area contributed by atoms with Crippen LogP contribution in [0.15, 0.2) is 49.1 Å². The molecule has 0 radical (unpaired) electrons. The molecular weight excluding hydrogens is 549 g/mol. The first kappa shape index (κ1) is 26.9. The number of aromatic nitrogens is 4. The lowest BCUT2D eigenvalue weighted by Crippen LogP contribution is -2.31. The third-order valence-electron chi connectivity index (χ3n) is 7.60. The Balaban J connectivity index is 1.12. The second-order valence-corrected chi connectivity index (χ2v) is 11.5. The van der Waals surface area contributed by atoms with Gasteiger partial charge in [-0.1, -0.05) is 17.7 Å². The summed E-state index contributed by atoms with van der Waals surface area (Å²) in [5.41, 5.74) is 1.04. The van der Waals surface area contributed by atoms with Gasteiger partial charge in [-0.15, -0.1) is 0 Å². The third kappa shape index (κ3) is 5.28. The number of halogens is 2. The number of rotatable bonds is 8. The van der Waals surface area contributed by atoms with Gasteiger partial charge in [0, 0.05) is 25.2 Å². The van der Waals surface area contributed by atoms with Gasteiger partial charge in [0.25, 0.3) is 5.91 Å². The van der Waals surface area contributed by atoms with Crippen molar-refractivity contribution in [3.63, 3.8) is 0 Å². The Kier molecular flexibility index (Phi) is 6.76. The molecule has 1 aliphatic carbocycles. The standard InChI is InChI=1S/C29H27ClFN7O3/c1-29(2,40)15-41-17-6-18(27-16(7-32)8-36-38(27)12-17)24-10-34-25(11-33-24)37-13-20-19(21(20)14-37)9-35-28(39)26-22(30)4-3-5-23(26)31/h3-6,8,10-12,19-21,40H,9,13-15H2,1-2H3,(H,35,39)/t19?,20-,21+. The van der Waals surface area contributed by atoms with Crippen molar-refractivity contribution in [2.45, 2.75) is 19.4 Å². The molecule has 3 aromatic heterocycles. The van der Waals surface area contributed by atoms with Gasteiger partial charge in [-0.3, -0.25) is 9.78 Å². The van der Waals surface area contributed by atoms with Gasteiger partial charge >= 0.3 is 0 Å². The molecule has 1 unspecified atom stereocenters. The van der Waals surface area contributed by atoms with Crippen LogP contribution in [0.2, 0.25) is 5.02 Å². The summed E-state index contributed by atoms with van der Waals surface area (Å²) in [6.07, 6.45) is 6.52. The number of carbonyl (C=O) groups is 1. The first-order valence-electron chi connectivity index (χ1n) is 13.2. The van der Waals surface area contributed by atoms with Crippen LogP contribution in [-0.4, -0.2) is 62.4 Å². The number of hydrogen-bond donors (Lipinski definition) is 2. The van der Waals surface area contributed by atoms with Crippen molar-refractivity contribution >= 4 is 28.8 Å². The zero-order valence-corrected chi connectivity index (χ0v) is 23.1. The van der Waals surface area contributed by atoms with E-state index < -0.39 is 17.3 Å². The van der Waals surface area contributed by atoms with Crippen molar-refractivity contribution in [3.8, 4) is 23.1 Å². The van der Waals surface area contributed by atoms with Crippen LogP contribution in [0.4, 0.5) is 10.2 Å². The summed E-state index contributed by atoms with van der Waals surface area (Å²) >= 11 is 6.01. The summed E-state index contributed by atoms with van der Waals surface area (Å²) in [5, 5.41) is 26.9. The summed E-state index contributed by atoms with van der Waals surface area (Å²) in [6, 6.07) is 8.13. The monoisotopic (exact) mass is 575 g/mol. The quantitative estimate of drug-likeness (QED) is 0.325. The number of carbonyl (C=O) groups excluding carboxylic acids is 1. The molecule has 0 spiro atoms. The number of pyridine rings is 1. The van der Waals surface area contributed by atoms with Crippen molar-refractivity contribution < 1.29 is 19.0 Å². The minimum atomic E-state index is -1.02. The number of piperidine rings is 1.